The van der Waals surface area contributed by atoms with E-state index < -0.39 is 35.9 Å². The van der Waals surface area contributed by atoms with Gasteiger partial charge in [0.15, 0.2) is 5.13 Å². The first-order valence-corrected chi connectivity index (χ1v) is 8.50. The molecule has 1 amide bonds. The van der Waals surface area contributed by atoms with Crippen LogP contribution in [0.2, 0.25) is 0 Å². The molecule has 6 nitrogen and oxygen atoms in total. The van der Waals surface area contributed by atoms with Crippen molar-refractivity contribution in [2.75, 3.05) is 5.32 Å². The molecular formula is C17H13FN2O4S. The summed E-state index contributed by atoms with van der Waals surface area (Å²) in [5.41, 5.74) is 1.34. The third-order valence-electron chi connectivity index (χ3n) is 4.36. The lowest BCUT2D eigenvalue weighted by atomic mass is 9.82. The number of nitrogens with zero attached hydrogens (tertiary/aromatic N) is 1. The molecule has 128 valence electrons. The van der Waals surface area contributed by atoms with Crippen molar-refractivity contribution in [3.63, 3.8) is 0 Å². The lowest BCUT2D eigenvalue weighted by molar-refractivity contribution is -0.145. The molecule has 2 aliphatic heterocycles. The number of fused-ring (bicyclic) bond motifs is 2. The minimum atomic E-state index is -1.05. The fourth-order valence-corrected chi connectivity index (χ4v) is 3.91. The summed E-state index contributed by atoms with van der Waals surface area (Å²) in [4.78, 5) is 28.3. The van der Waals surface area contributed by atoms with Gasteiger partial charge in [-0.3, -0.25) is 9.59 Å². The van der Waals surface area contributed by atoms with Crippen LogP contribution in [0, 0.1) is 17.7 Å². The summed E-state index contributed by atoms with van der Waals surface area (Å²) in [6.45, 7) is 0. The van der Waals surface area contributed by atoms with E-state index in [4.69, 9.17) is 4.74 Å². The maximum absolute atomic E-state index is 13.0. The number of carboxylic acid groups (broad SMARTS) is 1. The van der Waals surface area contributed by atoms with Gasteiger partial charge >= 0.3 is 5.97 Å². The summed E-state index contributed by atoms with van der Waals surface area (Å²) in [6, 6.07) is 5.88. The molecule has 0 radical (unpaired) electrons. The lowest BCUT2D eigenvalue weighted by Crippen LogP contribution is -2.39. The fourth-order valence-electron chi connectivity index (χ4n) is 3.19. The number of rotatable bonds is 4. The number of aliphatic carboxylic acids is 1. The van der Waals surface area contributed by atoms with E-state index in [0.717, 1.165) is 5.56 Å². The third kappa shape index (κ3) is 2.83. The van der Waals surface area contributed by atoms with Crippen LogP contribution in [0.25, 0.3) is 11.3 Å². The van der Waals surface area contributed by atoms with Gasteiger partial charge in [0, 0.05) is 10.9 Å². The second-order valence-corrected chi connectivity index (χ2v) is 6.73. The summed E-state index contributed by atoms with van der Waals surface area (Å²) >= 11 is 1.22. The smallest absolute Gasteiger partial charge is 0.310 e. The lowest BCUT2D eigenvalue weighted by Gasteiger charge is -2.20. The number of halogens is 1. The van der Waals surface area contributed by atoms with Crippen molar-refractivity contribution in [1.82, 2.24) is 4.98 Å². The molecule has 2 aliphatic rings. The second-order valence-electron chi connectivity index (χ2n) is 5.87. The molecule has 2 N–H and O–H groups in total. The minimum Gasteiger partial charge on any atom is -0.481 e. The molecule has 3 heterocycles. The number of hydrogen-bond donors (Lipinski definition) is 2. The summed E-state index contributed by atoms with van der Waals surface area (Å²) in [5.74, 6) is -3.50. The molecule has 0 unspecified atom stereocenters. The zero-order valence-electron chi connectivity index (χ0n) is 12.8. The van der Waals surface area contributed by atoms with Crippen LogP contribution in [0.15, 0.2) is 41.8 Å². The summed E-state index contributed by atoms with van der Waals surface area (Å²) < 4.78 is 18.5. The van der Waals surface area contributed by atoms with E-state index in [9.17, 15) is 19.1 Å². The van der Waals surface area contributed by atoms with Crippen molar-refractivity contribution >= 4 is 28.3 Å². The number of thiazole rings is 1. The summed E-state index contributed by atoms with van der Waals surface area (Å²) in [7, 11) is 0. The first-order chi connectivity index (χ1) is 12.0. The molecule has 0 spiro atoms. The Kier molecular flexibility index (Phi) is 3.85. The van der Waals surface area contributed by atoms with E-state index in [1.807, 2.05) is 0 Å². The van der Waals surface area contributed by atoms with Crippen molar-refractivity contribution in [1.29, 1.82) is 0 Å². The number of aromatic nitrogens is 1. The largest absolute Gasteiger partial charge is 0.481 e. The Labute approximate surface area is 146 Å². The van der Waals surface area contributed by atoms with E-state index in [-0.39, 0.29) is 5.82 Å². The Balaban J connectivity index is 1.51. The molecule has 25 heavy (non-hydrogen) atoms. The highest BCUT2D eigenvalue weighted by molar-refractivity contribution is 7.14. The number of nitrogens with one attached hydrogen (secondary N) is 1. The number of hydrogen-bond acceptors (Lipinski definition) is 5. The van der Waals surface area contributed by atoms with Gasteiger partial charge in [0.2, 0.25) is 5.91 Å². The maximum Gasteiger partial charge on any atom is 0.310 e. The number of amides is 1. The standard InChI is InChI=1S/C17H13FN2O4S/c18-9-3-1-8(2-4-9)10-7-25-17(19-10)20-15(21)13-11-5-6-12(24-11)14(13)16(22)23/h1-7,11-14H,(H,22,23)(H,19,20,21)/t11-,12+,13+,14-/m1/s1. The molecule has 4 rings (SSSR count). The minimum absolute atomic E-state index is 0.337. The molecule has 1 aromatic heterocycles. The monoisotopic (exact) mass is 360 g/mol. The predicted octanol–water partition coefficient (Wildman–Crippen LogP) is 2.54. The van der Waals surface area contributed by atoms with Gasteiger partial charge in [0.05, 0.1) is 23.8 Å². The average molecular weight is 360 g/mol. The number of benzene rings is 1. The van der Waals surface area contributed by atoms with Crippen LogP contribution in [0.4, 0.5) is 9.52 Å². The molecule has 8 heteroatoms. The molecule has 4 atom stereocenters. The molecule has 2 bridgehead atoms. The molecule has 1 aromatic carbocycles. The Bertz CT molecular complexity index is 864. The van der Waals surface area contributed by atoms with E-state index in [0.29, 0.717) is 10.8 Å². The number of carbonyl (C=O) groups excluding carboxylic acids is 1. The predicted molar refractivity (Wildman–Crippen MR) is 88.6 cm³/mol. The van der Waals surface area contributed by atoms with Gasteiger partial charge in [0.25, 0.3) is 0 Å². The van der Waals surface area contributed by atoms with Crippen LogP contribution in [0.5, 0.6) is 0 Å². The Morgan fingerprint density at radius 3 is 2.52 bits per heavy atom. The van der Waals surface area contributed by atoms with Crippen LogP contribution in [-0.2, 0) is 14.3 Å². The van der Waals surface area contributed by atoms with Crippen LogP contribution in [0.3, 0.4) is 0 Å². The fraction of sp³-hybridized carbons (Fsp3) is 0.235. The van der Waals surface area contributed by atoms with Gasteiger partial charge < -0.3 is 15.2 Å². The van der Waals surface area contributed by atoms with Gasteiger partial charge in [-0.2, -0.15) is 0 Å². The zero-order chi connectivity index (χ0) is 17.6. The number of ether oxygens (including phenoxy) is 1. The van der Waals surface area contributed by atoms with E-state index in [1.165, 1.54) is 23.5 Å². The maximum atomic E-state index is 13.0. The molecule has 1 fully saturated rings. The van der Waals surface area contributed by atoms with Crippen molar-refractivity contribution < 1.29 is 23.8 Å². The second kappa shape index (κ2) is 6.05. The Hall–Kier alpha value is -2.58. The first-order valence-electron chi connectivity index (χ1n) is 7.62. The van der Waals surface area contributed by atoms with Crippen LogP contribution in [0.1, 0.15) is 0 Å². The number of carbonyl (C=O) groups is 2. The summed E-state index contributed by atoms with van der Waals surface area (Å²) in [6.07, 6.45) is 2.32. The SMILES string of the molecule is O=C(Nc1nc(-c2ccc(F)cc2)cs1)[C@@H]1[C@H](C(=O)O)[C@@H]2C=C[C@H]1O2. The van der Waals surface area contributed by atoms with Crippen molar-refractivity contribution in [3.8, 4) is 11.3 Å². The molecule has 0 aliphatic carbocycles. The van der Waals surface area contributed by atoms with E-state index in [1.54, 1.807) is 29.7 Å². The van der Waals surface area contributed by atoms with Gasteiger partial charge in [-0.1, -0.05) is 12.2 Å². The molecule has 0 saturated carbocycles. The molecule has 1 saturated heterocycles. The van der Waals surface area contributed by atoms with Crippen molar-refractivity contribution in [2.24, 2.45) is 11.8 Å². The van der Waals surface area contributed by atoms with Gasteiger partial charge in [0.1, 0.15) is 11.7 Å². The first kappa shape index (κ1) is 15.9. The topological polar surface area (TPSA) is 88.5 Å². The Morgan fingerprint density at radius 1 is 1.16 bits per heavy atom. The van der Waals surface area contributed by atoms with E-state index >= 15 is 0 Å². The normalized spacial score (nSPS) is 26.8. The van der Waals surface area contributed by atoms with Gasteiger partial charge in [-0.25, -0.2) is 9.37 Å². The quantitative estimate of drug-likeness (QED) is 0.818. The van der Waals surface area contributed by atoms with Gasteiger partial charge in [-0.05, 0) is 24.3 Å². The van der Waals surface area contributed by atoms with E-state index in [2.05, 4.69) is 10.3 Å². The molecular weight excluding hydrogens is 347 g/mol. The van der Waals surface area contributed by atoms with Crippen molar-refractivity contribution in [2.45, 2.75) is 12.2 Å². The zero-order valence-corrected chi connectivity index (χ0v) is 13.6. The van der Waals surface area contributed by atoms with Crippen LogP contribution < -0.4 is 5.32 Å². The highest BCUT2D eigenvalue weighted by Gasteiger charge is 2.53. The molecule has 2 aromatic rings. The highest BCUT2D eigenvalue weighted by Crippen LogP contribution is 2.40. The average Bonchev–Trinajstić information content (AvgIpc) is 3.30. The third-order valence-corrected chi connectivity index (χ3v) is 5.12. The number of carboxylic acids is 1. The number of anilines is 1. The Morgan fingerprint density at radius 2 is 1.84 bits per heavy atom. The van der Waals surface area contributed by atoms with Crippen LogP contribution >= 0.6 is 11.3 Å². The van der Waals surface area contributed by atoms with Crippen LogP contribution in [-0.4, -0.2) is 34.2 Å². The van der Waals surface area contributed by atoms with Gasteiger partial charge in [-0.15, -0.1) is 11.3 Å². The highest BCUT2D eigenvalue weighted by atomic mass is 32.1. The summed E-state index contributed by atoms with van der Waals surface area (Å²) in [5, 5.41) is 14.1. The van der Waals surface area contributed by atoms with Crippen molar-refractivity contribution in [3.05, 3.63) is 47.6 Å².